The summed E-state index contributed by atoms with van der Waals surface area (Å²) in [5.74, 6) is 0.477. The van der Waals surface area contributed by atoms with Crippen LogP contribution in [0, 0.1) is 0 Å². The molecule has 68 valence electrons. The number of aromatic nitrogens is 1. The van der Waals surface area contributed by atoms with Crippen LogP contribution in [0.25, 0.3) is 10.9 Å². The van der Waals surface area contributed by atoms with Gasteiger partial charge < -0.3 is 12.4 Å². The Bertz CT molecular complexity index is 406. The smallest absolute Gasteiger partial charge is 1.00 e. The Balaban J connectivity index is 0.000000845. The van der Waals surface area contributed by atoms with Crippen molar-refractivity contribution in [3.63, 3.8) is 0 Å². The second-order valence-electron chi connectivity index (χ2n) is 2.63. The van der Waals surface area contributed by atoms with Crippen molar-refractivity contribution in [1.29, 1.82) is 0 Å². The molecule has 0 N–H and O–H groups in total. The molecule has 3 heteroatoms. The van der Waals surface area contributed by atoms with Crippen LogP contribution in [0.4, 0.5) is 0 Å². The number of hydrogen-bond donors (Lipinski definition) is 0. The lowest BCUT2D eigenvalue weighted by Crippen LogP contribution is -3.00. The molecule has 0 aliphatic carbocycles. The van der Waals surface area contributed by atoms with Crippen LogP contribution in [0.3, 0.4) is 0 Å². The average Bonchev–Trinajstić information content (AvgIpc) is 2.17. The standard InChI is InChI=1S/C10H8ClN.ClH/c11-7-9-6-5-8-3-1-2-4-10(8)12-9;/h1-6H,7H2;1H. The molecule has 0 atom stereocenters. The van der Waals surface area contributed by atoms with Crippen LogP contribution in [0.5, 0.6) is 0 Å². The van der Waals surface area contributed by atoms with E-state index < -0.39 is 0 Å². The minimum Gasteiger partial charge on any atom is -1.00 e. The van der Waals surface area contributed by atoms with Gasteiger partial charge in [0, 0.05) is 5.39 Å². The molecule has 0 spiro atoms. The highest BCUT2D eigenvalue weighted by Crippen LogP contribution is 2.12. The summed E-state index contributed by atoms with van der Waals surface area (Å²) in [5.41, 5.74) is 1.94. The molecule has 0 radical (unpaired) electrons. The molecule has 2 rings (SSSR count). The molecule has 1 aromatic carbocycles. The van der Waals surface area contributed by atoms with Crippen LogP contribution >= 0.6 is 11.6 Å². The largest absolute Gasteiger partial charge is 1.00 e. The first-order chi connectivity index (χ1) is 5.90. The fourth-order valence-corrected chi connectivity index (χ4v) is 1.33. The first-order valence-electron chi connectivity index (χ1n) is 3.81. The van der Waals surface area contributed by atoms with Crippen LogP contribution in [-0.4, -0.2) is 4.98 Å². The number of hydrogen-bond acceptors (Lipinski definition) is 1. The van der Waals surface area contributed by atoms with Crippen molar-refractivity contribution in [3.8, 4) is 0 Å². The number of fused-ring (bicyclic) bond motifs is 1. The van der Waals surface area contributed by atoms with Gasteiger partial charge in [0.2, 0.25) is 0 Å². The van der Waals surface area contributed by atoms with E-state index in [1.165, 1.54) is 0 Å². The number of rotatable bonds is 1. The number of benzene rings is 1. The predicted octanol–water partition coefficient (Wildman–Crippen LogP) is 0.0901. The lowest BCUT2D eigenvalue weighted by molar-refractivity contribution is -0.00000240. The van der Waals surface area contributed by atoms with Gasteiger partial charge in [0.1, 0.15) is 0 Å². The summed E-state index contributed by atoms with van der Waals surface area (Å²) in [6.07, 6.45) is 0. The summed E-state index contributed by atoms with van der Waals surface area (Å²) < 4.78 is 0. The number of nitrogens with zero attached hydrogens (tertiary/aromatic N) is 1. The van der Waals surface area contributed by atoms with E-state index in [1.54, 1.807) is 0 Å². The van der Waals surface area contributed by atoms with Crippen LogP contribution in [-0.2, 0) is 5.88 Å². The van der Waals surface area contributed by atoms with E-state index in [0.717, 1.165) is 16.6 Å². The van der Waals surface area contributed by atoms with E-state index in [4.69, 9.17) is 11.6 Å². The zero-order valence-electron chi connectivity index (χ0n) is 7.87. The summed E-state index contributed by atoms with van der Waals surface area (Å²) in [7, 11) is 0. The monoisotopic (exact) mass is 213 g/mol. The molecule has 0 bridgehead atoms. The Labute approximate surface area is 89.6 Å². The van der Waals surface area contributed by atoms with Crippen LogP contribution < -0.4 is 12.4 Å². The Morgan fingerprint density at radius 2 is 1.92 bits per heavy atom. The molecule has 1 nitrogen and oxygen atoms in total. The highest BCUT2D eigenvalue weighted by Gasteiger charge is 1.94. The second kappa shape index (κ2) is 4.45. The zero-order valence-corrected chi connectivity index (χ0v) is 8.39. The minimum absolute atomic E-state index is 0. The number of para-hydroxylation sites is 1. The maximum Gasteiger partial charge on any atom is 1.00 e. The molecule has 0 amide bonds. The molecular weight excluding hydrogens is 205 g/mol. The van der Waals surface area contributed by atoms with E-state index in [9.17, 15) is 0 Å². The molecule has 0 saturated carbocycles. The van der Waals surface area contributed by atoms with Crippen molar-refractivity contribution < 1.29 is 13.8 Å². The fourth-order valence-electron chi connectivity index (χ4n) is 1.18. The Kier molecular flexibility index (Phi) is 3.52. The third-order valence-corrected chi connectivity index (χ3v) is 2.07. The van der Waals surface area contributed by atoms with Crippen molar-refractivity contribution >= 4 is 22.5 Å². The van der Waals surface area contributed by atoms with Gasteiger partial charge in [-0.1, -0.05) is 24.3 Å². The number of halogens is 2. The van der Waals surface area contributed by atoms with Gasteiger partial charge in [-0.3, -0.25) is 4.98 Å². The Morgan fingerprint density at radius 1 is 1.15 bits per heavy atom. The van der Waals surface area contributed by atoms with E-state index in [2.05, 4.69) is 4.98 Å². The zero-order chi connectivity index (χ0) is 8.39. The average molecular weight is 214 g/mol. The highest BCUT2D eigenvalue weighted by atomic mass is 35.5. The Hall–Kier alpha value is -0.790. The minimum atomic E-state index is 0. The summed E-state index contributed by atoms with van der Waals surface area (Å²) in [4.78, 5) is 4.36. The molecule has 0 unspecified atom stereocenters. The van der Waals surface area contributed by atoms with Crippen LogP contribution in [0.15, 0.2) is 36.4 Å². The lowest BCUT2D eigenvalue weighted by Gasteiger charge is -1.97. The summed E-state index contributed by atoms with van der Waals surface area (Å²) in [6, 6.07) is 12.0. The van der Waals surface area contributed by atoms with Crippen molar-refractivity contribution in [2.75, 3.05) is 0 Å². The van der Waals surface area contributed by atoms with Crippen LogP contribution in [0.1, 0.15) is 7.12 Å². The van der Waals surface area contributed by atoms with Gasteiger partial charge in [-0.25, -0.2) is 0 Å². The molecule has 0 aliphatic rings. The summed E-state index contributed by atoms with van der Waals surface area (Å²) in [5, 5.41) is 1.16. The molecule has 1 heterocycles. The predicted molar refractivity (Wildman–Crippen MR) is 52.4 cm³/mol. The molecule has 0 saturated heterocycles. The lowest BCUT2D eigenvalue weighted by atomic mass is 10.2. The van der Waals surface area contributed by atoms with Crippen LogP contribution in [0.2, 0.25) is 0 Å². The summed E-state index contributed by atoms with van der Waals surface area (Å²) in [6.45, 7) is 0. The quantitative estimate of drug-likeness (QED) is 0.613. The molecule has 1 aromatic heterocycles. The third-order valence-electron chi connectivity index (χ3n) is 1.79. The molecule has 0 fully saturated rings. The van der Waals surface area contributed by atoms with Crippen molar-refractivity contribution in [2.24, 2.45) is 0 Å². The van der Waals surface area contributed by atoms with E-state index in [-0.39, 0.29) is 13.8 Å². The highest BCUT2D eigenvalue weighted by molar-refractivity contribution is 6.16. The molecular formula is C10H9Cl2N. The third kappa shape index (κ3) is 2.11. The van der Waals surface area contributed by atoms with Crippen molar-refractivity contribution in [3.05, 3.63) is 42.1 Å². The number of pyridine rings is 1. The van der Waals surface area contributed by atoms with Gasteiger partial charge in [0.05, 0.1) is 17.1 Å². The van der Waals surface area contributed by atoms with Crippen molar-refractivity contribution in [2.45, 2.75) is 5.88 Å². The topological polar surface area (TPSA) is 12.9 Å². The van der Waals surface area contributed by atoms with Gasteiger partial charge >= 0.3 is 1.43 Å². The van der Waals surface area contributed by atoms with Gasteiger partial charge in [-0.2, -0.15) is 0 Å². The fraction of sp³-hybridized carbons (Fsp3) is 0.100. The molecule has 2 aromatic rings. The van der Waals surface area contributed by atoms with Crippen molar-refractivity contribution in [1.82, 2.24) is 4.98 Å². The van der Waals surface area contributed by atoms with Gasteiger partial charge in [-0.05, 0) is 12.1 Å². The first-order valence-corrected chi connectivity index (χ1v) is 4.34. The maximum absolute atomic E-state index is 5.66. The maximum atomic E-state index is 5.66. The Morgan fingerprint density at radius 3 is 2.69 bits per heavy atom. The molecule has 0 aliphatic heterocycles. The van der Waals surface area contributed by atoms with Gasteiger partial charge in [0.25, 0.3) is 0 Å². The van der Waals surface area contributed by atoms with E-state index in [1.807, 2.05) is 36.4 Å². The number of alkyl halides is 1. The van der Waals surface area contributed by atoms with Gasteiger partial charge in [0.15, 0.2) is 0 Å². The van der Waals surface area contributed by atoms with E-state index in [0.29, 0.717) is 5.88 Å². The SMILES string of the molecule is ClCc1ccc2ccccc2n1.[Cl-].[H+]. The molecule has 13 heavy (non-hydrogen) atoms. The summed E-state index contributed by atoms with van der Waals surface area (Å²) >= 11 is 5.66. The second-order valence-corrected chi connectivity index (χ2v) is 2.90. The van der Waals surface area contributed by atoms with E-state index >= 15 is 0 Å². The normalized spacial score (nSPS) is 9.62. The first kappa shape index (κ1) is 10.3. The van der Waals surface area contributed by atoms with Gasteiger partial charge in [-0.15, -0.1) is 11.6 Å².